The molecule has 1 N–H and O–H groups in total. The second-order valence-electron chi connectivity index (χ2n) is 10.5. The third-order valence-electron chi connectivity index (χ3n) is 7.40. The van der Waals surface area contributed by atoms with Gasteiger partial charge in [-0.05, 0) is 68.6 Å². The highest BCUT2D eigenvalue weighted by Gasteiger charge is 2.36. The highest BCUT2D eigenvalue weighted by atomic mass is 16.5. The molecule has 37 heavy (non-hydrogen) atoms. The Bertz CT molecular complexity index is 1720. The molecule has 4 aromatic carbocycles. The molecule has 0 radical (unpaired) electrons. The zero-order chi connectivity index (χ0) is 25.8. The van der Waals surface area contributed by atoms with Crippen LogP contribution in [0.15, 0.2) is 93.8 Å². The van der Waals surface area contributed by atoms with Crippen molar-refractivity contribution < 1.29 is 18.6 Å². The van der Waals surface area contributed by atoms with Crippen LogP contribution in [-0.4, -0.2) is 28.8 Å². The van der Waals surface area contributed by atoms with Gasteiger partial charge in [-0.2, -0.15) is 0 Å². The van der Waals surface area contributed by atoms with Crippen molar-refractivity contribution in [3.05, 3.63) is 84.9 Å². The van der Waals surface area contributed by atoms with Gasteiger partial charge >= 0.3 is 7.48 Å². The van der Waals surface area contributed by atoms with Crippen molar-refractivity contribution in [1.29, 1.82) is 0 Å². The Labute approximate surface area is 216 Å². The Hall–Kier alpha value is -3.87. The lowest BCUT2D eigenvalue weighted by atomic mass is 9.82. The van der Waals surface area contributed by atoms with Crippen molar-refractivity contribution in [2.45, 2.75) is 38.9 Å². The first-order valence-electron chi connectivity index (χ1n) is 12.5. The molecule has 0 saturated heterocycles. The minimum Gasteiger partial charge on any atom is -0.456 e. The van der Waals surface area contributed by atoms with Crippen molar-refractivity contribution in [1.82, 2.24) is 4.98 Å². The van der Waals surface area contributed by atoms with E-state index in [0.717, 1.165) is 44.0 Å². The van der Waals surface area contributed by atoms with E-state index < -0.39 is 11.2 Å². The van der Waals surface area contributed by atoms with Crippen LogP contribution in [0.4, 0.5) is 0 Å². The summed E-state index contributed by atoms with van der Waals surface area (Å²) >= 11 is 0. The lowest BCUT2D eigenvalue weighted by molar-refractivity contribution is -0.0893. The Morgan fingerprint density at radius 2 is 1.43 bits per heavy atom. The van der Waals surface area contributed by atoms with Crippen LogP contribution in [-0.2, 0) is 4.65 Å². The maximum atomic E-state index is 10.5. The smallest absolute Gasteiger partial charge is 0.313 e. The minimum absolute atomic E-state index is 0.312. The number of para-hydroxylation sites is 1. The summed E-state index contributed by atoms with van der Waals surface area (Å²) in [5.41, 5.74) is 5.39. The van der Waals surface area contributed by atoms with Gasteiger partial charge in [0.15, 0.2) is 5.58 Å². The zero-order valence-electron chi connectivity index (χ0n) is 21.4. The highest BCUT2D eigenvalue weighted by Crippen LogP contribution is 2.36. The fourth-order valence-corrected chi connectivity index (χ4v) is 4.43. The number of rotatable bonds is 6. The van der Waals surface area contributed by atoms with Crippen LogP contribution in [0.1, 0.15) is 27.7 Å². The molecule has 6 rings (SSSR count). The molecule has 0 amide bonds. The third-order valence-corrected chi connectivity index (χ3v) is 7.40. The summed E-state index contributed by atoms with van der Waals surface area (Å²) in [6.45, 7) is 7.28. The van der Waals surface area contributed by atoms with E-state index in [0.29, 0.717) is 19.0 Å². The van der Waals surface area contributed by atoms with E-state index in [1.165, 1.54) is 5.56 Å². The van der Waals surface area contributed by atoms with Crippen LogP contribution in [0.5, 0.6) is 0 Å². The first-order chi connectivity index (χ1) is 17.7. The lowest BCUT2D eigenvalue weighted by Crippen LogP contribution is -2.49. The molecule has 0 spiro atoms. The Morgan fingerprint density at radius 3 is 2.16 bits per heavy atom. The fraction of sp³-hybridized carbons (Fsp3) is 0.194. The summed E-state index contributed by atoms with van der Waals surface area (Å²) < 4.78 is 18.8. The molecular formula is C31H28BNO4. The molecule has 0 atom stereocenters. The van der Waals surface area contributed by atoms with Gasteiger partial charge in [0, 0.05) is 10.9 Å². The maximum Gasteiger partial charge on any atom is 0.313 e. The predicted octanol–water partition coefficient (Wildman–Crippen LogP) is 6.60. The van der Waals surface area contributed by atoms with E-state index in [1.807, 2.05) is 74.5 Å². The monoisotopic (exact) mass is 489 g/mol. The number of oxazole rings is 1. The topological polar surface area (TPSA) is 68.6 Å². The van der Waals surface area contributed by atoms with Crippen molar-refractivity contribution >= 4 is 46.0 Å². The van der Waals surface area contributed by atoms with Gasteiger partial charge < -0.3 is 18.6 Å². The van der Waals surface area contributed by atoms with Crippen LogP contribution < -0.4 is 5.46 Å². The lowest BCUT2D eigenvalue weighted by Gasteiger charge is -2.37. The molecule has 0 bridgehead atoms. The quantitative estimate of drug-likeness (QED) is 0.267. The Kier molecular flexibility index (Phi) is 5.48. The minimum atomic E-state index is -0.990. The molecule has 0 fully saturated rings. The van der Waals surface area contributed by atoms with Gasteiger partial charge in [-0.15, -0.1) is 0 Å². The molecule has 0 saturated carbocycles. The average Bonchev–Trinajstić information content (AvgIpc) is 3.49. The van der Waals surface area contributed by atoms with E-state index in [4.69, 9.17) is 18.5 Å². The molecule has 184 valence electrons. The number of fused-ring (bicyclic) bond motifs is 5. The standard InChI is InChI=1S/C31H28BNO4/c1-30(2,34)31(3,4)37-32-23-12-8-11-22-26-25(35-27(22)23)18-17-24-28(26)36-29(33-24)21-15-13-20(14-16-21)19-9-6-5-7-10-19/h5-18,32,34H,1-4H3. The summed E-state index contributed by atoms with van der Waals surface area (Å²) in [6.07, 6.45) is 0. The molecule has 5 nitrogen and oxygen atoms in total. The molecule has 0 aliphatic rings. The number of benzene rings is 4. The molecule has 0 aliphatic heterocycles. The molecular weight excluding hydrogens is 461 g/mol. The molecule has 0 unspecified atom stereocenters. The van der Waals surface area contributed by atoms with Crippen LogP contribution >= 0.6 is 0 Å². The second kappa shape index (κ2) is 8.61. The van der Waals surface area contributed by atoms with Crippen LogP contribution in [0.2, 0.25) is 0 Å². The van der Waals surface area contributed by atoms with E-state index in [1.54, 1.807) is 13.8 Å². The molecule has 2 heterocycles. The summed E-state index contributed by atoms with van der Waals surface area (Å²) in [5.74, 6) is 0.572. The number of hydrogen-bond acceptors (Lipinski definition) is 5. The zero-order valence-corrected chi connectivity index (χ0v) is 21.4. The molecule has 6 heteroatoms. The summed E-state index contributed by atoms with van der Waals surface area (Å²) in [7, 11) is 0.312. The van der Waals surface area contributed by atoms with Gasteiger partial charge in [-0.25, -0.2) is 4.98 Å². The van der Waals surface area contributed by atoms with Crippen molar-refractivity contribution in [3.63, 3.8) is 0 Å². The first-order valence-corrected chi connectivity index (χ1v) is 12.5. The van der Waals surface area contributed by atoms with Crippen molar-refractivity contribution in [2.24, 2.45) is 0 Å². The first kappa shape index (κ1) is 23.5. The summed E-state index contributed by atoms with van der Waals surface area (Å²) in [6, 6.07) is 28.4. The Morgan fingerprint density at radius 1 is 0.730 bits per heavy atom. The van der Waals surface area contributed by atoms with E-state index in [2.05, 4.69) is 24.3 Å². The molecule has 0 aliphatic carbocycles. The van der Waals surface area contributed by atoms with Crippen molar-refractivity contribution in [3.8, 4) is 22.6 Å². The number of nitrogens with zero attached hydrogens (tertiary/aromatic N) is 1. The molecule has 6 aromatic rings. The fourth-order valence-electron chi connectivity index (χ4n) is 4.43. The number of aromatic nitrogens is 1. The van der Waals surface area contributed by atoms with E-state index in [-0.39, 0.29) is 0 Å². The van der Waals surface area contributed by atoms with Crippen LogP contribution in [0.25, 0.3) is 55.6 Å². The van der Waals surface area contributed by atoms with Gasteiger partial charge in [-0.1, -0.05) is 60.7 Å². The van der Waals surface area contributed by atoms with E-state index >= 15 is 0 Å². The largest absolute Gasteiger partial charge is 0.456 e. The predicted molar refractivity (Wildman–Crippen MR) is 150 cm³/mol. The number of furan rings is 1. The normalized spacial score (nSPS) is 12.6. The van der Waals surface area contributed by atoms with Gasteiger partial charge in [0.1, 0.15) is 16.7 Å². The van der Waals surface area contributed by atoms with Gasteiger partial charge in [0.25, 0.3) is 0 Å². The number of hydrogen-bond donors (Lipinski definition) is 1. The highest BCUT2D eigenvalue weighted by molar-refractivity contribution is 6.51. The van der Waals surface area contributed by atoms with E-state index in [9.17, 15) is 5.11 Å². The SMILES string of the molecule is CC(C)(O)C(C)(C)OBc1cccc2c1oc1ccc3nc(-c4ccc(-c5ccccc5)cc4)oc3c12. The van der Waals surface area contributed by atoms with Gasteiger partial charge in [0.2, 0.25) is 5.89 Å². The summed E-state index contributed by atoms with van der Waals surface area (Å²) in [5, 5.41) is 12.3. The second-order valence-corrected chi connectivity index (χ2v) is 10.5. The summed E-state index contributed by atoms with van der Waals surface area (Å²) in [4.78, 5) is 4.78. The van der Waals surface area contributed by atoms with Crippen LogP contribution in [0.3, 0.4) is 0 Å². The van der Waals surface area contributed by atoms with Gasteiger partial charge in [0.05, 0.1) is 16.6 Å². The third kappa shape index (κ3) is 4.12. The average molecular weight is 489 g/mol. The number of aliphatic hydroxyl groups is 1. The van der Waals surface area contributed by atoms with Crippen molar-refractivity contribution in [2.75, 3.05) is 0 Å². The maximum absolute atomic E-state index is 10.5. The Balaban J connectivity index is 1.39. The molecule has 2 aromatic heterocycles. The van der Waals surface area contributed by atoms with Crippen LogP contribution in [0, 0.1) is 0 Å². The van der Waals surface area contributed by atoms with Gasteiger partial charge in [-0.3, -0.25) is 0 Å².